The van der Waals surface area contributed by atoms with E-state index in [0.29, 0.717) is 0 Å². The Labute approximate surface area is 110 Å². The molecule has 1 aliphatic heterocycles. The van der Waals surface area contributed by atoms with Gasteiger partial charge in [-0.1, -0.05) is 13.0 Å². The smallest absolute Gasteiger partial charge is 0.0495 e. The van der Waals surface area contributed by atoms with Crippen LogP contribution in [0, 0.1) is 0 Å². The second-order valence-corrected chi connectivity index (χ2v) is 5.65. The summed E-state index contributed by atoms with van der Waals surface area (Å²) in [5.41, 5.74) is 4.20. The van der Waals surface area contributed by atoms with Crippen molar-refractivity contribution in [3.05, 3.63) is 33.9 Å². The van der Waals surface area contributed by atoms with Gasteiger partial charge in [0.05, 0.1) is 0 Å². The van der Waals surface area contributed by atoms with Gasteiger partial charge in [-0.25, -0.2) is 0 Å². The van der Waals surface area contributed by atoms with E-state index in [9.17, 15) is 0 Å². The quantitative estimate of drug-likeness (QED) is 0.782. The lowest BCUT2D eigenvalue weighted by Crippen LogP contribution is -2.30. The maximum absolute atomic E-state index is 3.78. The van der Waals surface area contributed by atoms with Crippen LogP contribution in [0.5, 0.6) is 0 Å². The molecule has 0 fully saturated rings. The predicted molar refractivity (Wildman–Crippen MR) is 75.4 cm³/mol. The van der Waals surface area contributed by atoms with E-state index in [1.54, 1.807) is 0 Å². The summed E-state index contributed by atoms with van der Waals surface area (Å²) in [5.74, 6) is 0. The van der Waals surface area contributed by atoms with E-state index < -0.39 is 0 Å². The van der Waals surface area contributed by atoms with E-state index in [0.717, 1.165) is 26.1 Å². The number of hydrogen-bond acceptors (Lipinski definition) is 1. The van der Waals surface area contributed by atoms with Crippen LogP contribution in [0.25, 0.3) is 10.9 Å². The zero-order valence-corrected chi connectivity index (χ0v) is 11.9. The van der Waals surface area contributed by atoms with Crippen molar-refractivity contribution in [2.75, 3.05) is 13.6 Å². The van der Waals surface area contributed by atoms with Crippen molar-refractivity contribution in [2.45, 2.75) is 26.4 Å². The molecule has 0 aliphatic carbocycles. The molecule has 0 bridgehead atoms. The van der Waals surface area contributed by atoms with Gasteiger partial charge in [0.15, 0.2) is 0 Å². The molecule has 2 heterocycles. The molecule has 0 saturated heterocycles. The highest BCUT2D eigenvalue weighted by Gasteiger charge is 2.20. The molecule has 0 radical (unpaired) electrons. The van der Waals surface area contributed by atoms with Gasteiger partial charge in [-0.15, -0.1) is 0 Å². The molecule has 0 saturated carbocycles. The maximum atomic E-state index is 3.78. The van der Waals surface area contributed by atoms with Gasteiger partial charge in [0, 0.05) is 40.7 Å². The molecule has 3 rings (SSSR count). The molecule has 1 aromatic heterocycles. The molecule has 90 valence electrons. The fourth-order valence-electron chi connectivity index (χ4n) is 2.65. The summed E-state index contributed by atoms with van der Waals surface area (Å²) in [4.78, 5) is 2.37. The molecular formula is C14H17BrN2. The number of benzene rings is 1. The summed E-state index contributed by atoms with van der Waals surface area (Å²) >= 11 is 3.78. The molecule has 0 spiro atoms. The number of nitrogens with zero attached hydrogens (tertiary/aromatic N) is 2. The highest BCUT2D eigenvalue weighted by Crippen LogP contribution is 2.34. The third kappa shape index (κ3) is 1.72. The first-order valence-electron chi connectivity index (χ1n) is 6.18. The second kappa shape index (κ2) is 4.14. The van der Waals surface area contributed by atoms with Gasteiger partial charge in [0.1, 0.15) is 0 Å². The van der Waals surface area contributed by atoms with E-state index in [-0.39, 0.29) is 0 Å². The molecule has 1 aliphatic rings. The minimum absolute atomic E-state index is 1.04. The van der Waals surface area contributed by atoms with Gasteiger partial charge in [-0.05, 0) is 47.1 Å². The van der Waals surface area contributed by atoms with E-state index >= 15 is 0 Å². The highest BCUT2D eigenvalue weighted by atomic mass is 79.9. The minimum atomic E-state index is 1.04. The molecule has 0 atom stereocenters. The van der Waals surface area contributed by atoms with Crippen LogP contribution in [0.2, 0.25) is 0 Å². The van der Waals surface area contributed by atoms with Crippen molar-refractivity contribution < 1.29 is 0 Å². The molecule has 0 N–H and O–H groups in total. The van der Waals surface area contributed by atoms with E-state index in [4.69, 9.17) is 0 Å². The van der Waals surface area contributed by atoms with Gasteiger partial charge < -0.3 is 4.57 Å². The van der Waals surface area contributed by atoms with Crippen molar-refractivity contribution in [3.63, 3.8) is 0 Å². The molecule has 2 aromatic rings. The van der Waals surface area contributed by atoms with Gasteiger partial charge >= 0.3 is 0 Å². The maximum Gasteiger partial charge on any atom is 0.0495 e. The van der Waals surface area contributed by atoms with Crippen LogP contribution in [0.3, 0.4) is 0 Å². The van der Waals surface area contributed by atoms with Crippen LogP contribution in [0.4, 0.5) is 0 Å². The third-order valence-electron chi connectivity index (χ3n) is 3.70. The molecule has 2 nitrogen and oxygen atoms in total. The number of rotatable bonds is 1. The Morgan fingerprint density at radius 2 is 2.12 bits per heavy atom. The highest BCUT2D eigenvalue weighted by molar-refractivity contribution is 9.10. The fourth-order valence-corrected chi connectivity index (χ4v) is 3.31. The number of aromatic nitrogens is 1. The first-order valence-corrected chi connectivity index (χ1v) is 6.98. The second-order valence-electron chi connectivity index (χ2n) is 4.86. The number of aryl methyl sites for hydroxylation is 1. The molecule has 0 amide bonds. The summed E-state index contributed by atoms with van der Waals surface area (Å²) in [5, 5.41) is 1.37. The predicted octanol–water partition coefficient (Wildman–Crippen LogP) is 3.41. The molecule has 1 aromatic carbocycles. The summed E-state index contributed by atoms with van der Waals surface area (Å²) in [6, 6.07) is 6.85. The largest absolute Gasteiger partial charge is 0.341 e. The van der Waals surface area contributed by atoms with Gasteiger partial charge in [-0.2, -0.15) is 0 Å². The lowest BCUT2D eigenvalue weighted by atomic mass is 10.1. The fraction of sp³-hybridized carbons (Fsp3) is 0.429. The van der Waals surface area contributed by atoms with Crippen molar-refractivity contribution in [2.24, 2.45) is 0 Å². The molecular weight excluding hydrogens is 276 g/mol. The Morgan fingerprint density at radius 1 is 1.29 bits per heavy atom. The third-order valence-corrected chi connectivity index (χ3v) is 4.59. The summed E-state index contributed by atoms with van der Waals surface area (Å²) in [6.07, 6.45) is 1.10. The number of likely N-dealkylation sites (N-methyl/N-ethyl adjacent to an activating group) is 1. The summed E-state index contributed by atoms with van der Waals surface area (Å²) < 4.78 is 3.74. The minimum Gasteiger partial charge on any atom is -0.341 e. The van der Waals surface area contributed by atoms with Crippen LogP contribution in [0.1, 0.15) is 18.2 Å². The zero-order valence-electron chi connectivity index (χ0n) is 10.3. The Morgan fingerprint density at radius 3 is 2.88 bits per heavy atom. The number of halogens is 1. The lowest BCUT2D eigenvalue weighted by molar-refractivity contribution is 0.272. The Balaban J connectivity index is 2.25. The van der Waals surface area contributed by atoms with Gasteiger partial charge in [0.2, 0.25) is 0 Å². The van der Waals surface area contributed by atoms with Crippen LogP contribution >= 0.6 is 15.9 Å². The molecule has 17 heavy (non-hydrogen) atoms. The van der Waals surface area contributed by atoms with Gasteiger partial charge in [0.25, 0.3) is 0 Å². The normalized spacial score (nSPS) is 16.4. The average molecular weight is 293 g/mol. The molecule has 0 unspecified atom stereocenters. The standard InChI is InChI=1S/C14H17BrN2/c1-3-10-4-5-12-11(8-10)14(15)13-9-16(2)6-7-17(12)13/h4-5,8H,3,6-7,9H2,1-2H3. The molecule has 3 heteroatoms. The van der Waals surface area contributed by atoms with Crippen molar-refractivity contribution in [1.29, 1.82) is 0 Å². The van der Waals surface area contributed by atoms with Crippen LogP contribution in [-0.4, -0.2) is 23.1 Å². The SMILES string of the molecule is CCc1ccc2c(c1)c(Br)c1n2CCN(C)C1. The van der Waals surface area contributed by atoms with Crippen molar-refractivity contribution >= 4 is 26.8 Å². The first-order chi connectivity index (χ1) is 8.20. The van der Waals surface area contributed by atoms with Gasteiger partial charge in [-0.3, -0.25) is 4.90 Å². The topological polar surface area (TPSA) is 8.17 Å². The Kier molecular flexibility index (Phi) is 2.75. The zero-order chi connectivity index (χ0) is 12.0. The van der Waals surface area contributed by atoms with E-state index in [1.165, 1.54) is 26.6 Å². The summed E-state index contributed by atoms with van der Waals surface area (Å²) in [6.45, 7) is 5.48. The van der Waals surface area contributed by atoms with Crippen LogP contribution < -0.4 is 0 Å². The Bertz CT molecular complexity index is 571. The van der Waals surface area contributed by atoms with Crippen LogP contribution in [0.15, 0.2) is 22.7 Å². The lowest BCUT2D eigenvalue weighted by Gasteiger charge is -2.25. The van der Waals surface area contributed by atoms with E-state index in [1.807, 2.05) is 0 Å². The van der Waals surface area contributed by atoms with Crippen molar-refractivity contribution in [3.8, 4) is 0 Å². The monoisotopic (exact) mass is 292 g/mol. The number of hydrogen-bond donors (Lipinski definition) is 0. The van der Waals surface area contributed by atoms with E-state index in [2.05, 4.69) is 57.6 Å². The Hall–Kier alpha value is -0.800. The summed E-state index contributed by atoms with van der Waals surface area (Å²) in [7, 11) is 2.19. The van der Waals surface area contributed by atoms with Crippen LogP contribution in [-0.2, 0) is 19.5 Å². The average Bonchev–Trinajstić information content (AvgIpc) is 2.62. The first kappa shape index (κ1) is 11.3. The number of fused-ring (bicyclic) bond motifs is 3. The van der Waals surface area contributed by atoms with Crippen molar-refractivity contribution in [1.82, 2.24) is 9.47 Å².